The highest BCUT2D eigenvalue weighted by Gasteiger charge is 2.13. The molecule has 2 aromatic carbocycles. The molecule has 7 nitrogen and oxygen atoms in total. The van der Waals surface area contributed by atoms with Crippen LogP contribution in [0.1, 0.15) is 15.9 Å². The van der Waals surface area contributed by atoms with Crippen molar-refractivity contribution in [3.63, 3.8) is 0 Å². The number of morpholine rings is 1. The van der Waals surface area contributed by atoms with Crippen LogP contribution in [0, 0.1) is 0 Å². The van der Waals surface area contributed by atoms with E-state index in [1.807, 2.05) is 18.2 Å². The summed E-state index contributed by atoms with van der Waals surface area (Å²) in [6.07, 6.45) is 1.51. The van der Waals surface area contributed by atoms with Crippen molar-refractivity contribution in [3.05, 3.63) is 53.6 Å². The van der Waals surface area contributed by atoms with Gasteiger partial charge in [-0.15, -0.1) is 0 Å². The van der Waals surface area contributed by atoms with E-state index in [0.717, 1.165) is 24.3 Å². The summed E-state index contributed by atoms with van der Waals surface area (Å²) in [5, 5.41) is 13.6. The Morgan fingerprint density at radius 2 is 2.04 bits per heavy atom. The quantitative estimate of drug-likeness (QED) is 0.633. The van der Waals surface area contributed by atoms with E-state index >= 15 is 0 Å². The second-order valence-electron chi connectivity index (χ2n) is 5.74. The molecule has 136 valence electrons. The summed E-state index contributed by atoms with van der Waals surface area (Å²) in [6, 6.07) is 12.1. The number of methoxy groups -OCH3 is 1. The third kappa shape index (κ3) is 4.12. The first-order chi connectivity index (χ1) is 12.7. The van der Waals surface area contributed by atoms with E-state index < -0.39 is 5.91 Å². The summed E-state index contributed by atoms with van der Waals surface area (Å²) < 4.78 is 10.8. The first kappa shape index (κ1) is 17.8. The van der Waals surface area contributed by atoms with Crippen LogP contribution in [0.5, 0.6) is 11.5 Å². The molecule has 1 fully saturated rings. The maximum absolute atomic E-state index is 12.0. The summed E-state index contributed by atoms with van der Waals surface area (Å²) in [6.45, 7) is 3.11. The van der Waals surface area contributed by atoms with Crippen molar-refractivity contribution in [3.8, 4) is 11.5 Å². The van der Waals surface area contributed by atoms with E-state index in [9.17, 15) is 9.90 Å². The number of hydrogen-bond acceptors (Lipinski definition) is 6. The molecule has 7 heteroatoms. The molecule has 3 rings (SSSR count). The minimum atomic E-state index is -0.483. The summed E-state index contributed by atoms with van der Waals surface area (Å²) in [4.78, 5) is 14.3. The second kappa shape index (κ2) is 8.35. The number of para-hydroxylation sites is 1. The first-order valence-corrected chi connectivity index (χ1v) is 8.31. The van der Waals surface area contributed by atoms with E-state index in [1.54, 1.807) is 19.2 Å². The molecule has 1 aliphatic rings. The van der Waals surface area contributed by atoms with Gasteiger partial charge in [-0.25, -0.2) is 5.43 Å². The highest BCUT2D eigenvalue weighted by molar-refractivity contribution is 5.97. The van der Waals surface area contributed by atoms with Crippen LogP contribution >= 0.6 is 0 Å². The van der Waals surface area contributed by atoms with E-state index in [-0.39, 0.29) is 11.3 Å². The Labute approximate surface area is 151 Å². The number of carbonyl (C=O) groups excluding carboxylic acids is 1. The third-order valence-electron chi connectivity index (χ3n) is 4.11. The predicted octanol–water partition coefficient (Wildman–Crippen LogP) is 2.00. The van der Waals surface area contributed by atoms with Gasteiger partial charge in [0.05, 0.1) is 32.1 Å². The van der Waals surface area contributed by atoms with Gasteiger partial charge in [0.15, 0.2) is 0 Å². The Hall–Kier alpha value is -3.06. The summed E-state index contributed by atoms with van der Waals surface area (Å²) in [5.74, 6) is 0.0884. The van der Waals surface area contributed by atoms with Crippen LogP contribution in [-0.2, 0) is 4.74 Å². The zero-order chi connectivity index (χ0) is 18.4. The molecule has 0 radical (unpaired) electrons. The SMILES string of the molecule is COc1cc(N2CCOCC2)ccc1C=NNC(=O)c1ccccc1O. The van der Waals surface area contributed by atoms with Crippen molar-refractivity contribution in [2.75, 3.05) is 38.3 Å². The molecule has 0 aromatic heterocycles. The Balaban J connectivity index is 1.69. The molecule has 26 heavy (non-hydrogen) atoms. The van der Waals surface area contributed by atoms with Crippen LogP contribution < -0.4 is 15.1 Å². The van der Waals surface area contributed by atoms with Gasteiger partial charge in [-0.3, -0.25) is 4.79 Å². The van der Waals surface area contributed by atoms with Crippen LogP contribution in [0.2, 0.25) is 0 Å². The minimum absolute atomic E-state index is 0.0901. The lowest BCUT2D eigenvalue weighted by atomic mass is 10.1. The smallest absolute Gasteiger partial charge is 0.275 e. The summed E-state index contributed by atoms with van der Waals surface area (Å²) in [5.41, 5.74) is 4.37. The van der Waals surface area contributed by atoms with Crippen molar-refractivity contribution in [1.82, 2.24) is 5.43 Å². The zero-order valence-electron chi connectivity index (χ0n) is 14.5. The fourth-order valence-corrected chi connectivity index (χ4v) is 2.71. The van der Waals surface area contributed by atoms with E-state index in [2.05, 4.69) is 15.4 Å². The Morgan fingerprint density at radius 3 is 2.77 bits per heavy atom. The minimum Gasteiger partial charge on any atom is -0.507 e. The van der Waals surface area contributed by atoms with Gasteiger partial charge in [-0.05, 0) is 24.3 Å². The van der Waals surface area contributed by atoms with Gasteiger partial charge in [0.25, 0.3) is 5.91 Å². The highest BCUT2D eigenvalue weighted by Crippen LogP contribution is 2.25. The average Bonchev–Trinajstić information content (AvgIpc) is 2.69. The fourth-order valence-electron chi connectivity index (χ4n) is 2.71. The second-order valence-corrected chi connectivity index (χ2v) is 5.74. The lowest BCUT2D eigenvalue weighted by Crippen LogP contribution is -2.36. The average molecular weight is 355 g/mol. The molecule has 2 aromatic rings. The standard InChI is InChI=1S/C19H21N3O4/c1-25-18-12-15(22-8-10-26-11-9-22)7-6-14(18)13-20-21-19(24)16-4-2-3-5-17(16)23/h2-7,12-13,23H,8-11H2,1H3,(H,21,24). The maximum Gasteiger partial charge on any atom is 0.275 e. The van der Waals surface area contributed by atoms with Gasteiger partial charge in [0.1, 0.15) is 11.5 Å². The molecule has 1 amide bonds. The highest BCUT2D eigenvalue weighted by atomic mass is 16.5. The number of ether oxygens (including phenoxy) is 2. The summed E-state index contributed by atoms with van der Waals surface area (Å²) in [7, 11) is 1.59. The normalized spacial score (nSPS) is 14.4. The van der Waals surface area contributed by atoms with Crippen molar-refractivity contribution >= 4 is 17.8 Å². The number of carbonyl (C=O) groups is 1. The number of phenols is 1. The number of hydrazone groups is 1. The molecule has 0 aliphatic carbocycles. The van der Waals surface area contributed by atoms with Crippen LogP contribution in [0.4, 0.5) is 5.69 Å². The van der Waals surface area contributed by atoms with Gasteiger partial charge >= 0.3 is 0 Å². The third-order valence-corrected chi connectivity index (χ3v) is 4.11. The zero-order valence-corrected chi connectivity index (χ0v) is 14.5. The molecular formula is C19H21N3O4. The Morgan fingerprint density at radius 1 is 1.27 bits per heavy atom. The van der Waals surface area contributed by atoms with Crippen molar-refractivity contribution in [2.45, 2.75) is 0 Å². The van der Waals surface area contributed by atoms with Crippen LogP contribution in [0.15, 0.2) is 47.6 Å². The molecule has 1 saturated heterocycles. The maximum atomic E-state index is 12.0. The van der Waals surface area contributed by atoms with Crippen molar-refractivity contribution in [2.24, 2.45) is 5.10 Å². The molecule has 0 atom stereocenters. The van der Waals surface area contributed by atoms with Gasteiger partial charge in [0.2, 0.25) is 0 Å². The number of hydrogen-bond donors (Lipinski definition) is 2. The molecule has 0 bridgehead atoms. The topological polar surface area (TPSA) is 83.4 Å². The first-order valence-electron chi connectivity index (χ1n) is 8.31. The number of nitrogens with one attached hydrogen (secondary N) is 1. The molecule has 0 unspecified atom stereocenters. The molecular weight excluding hydrogens is 334 g/mol. The molecule has 0 spiro atoms. The fraction of sp³-hybridized carbons (Fsp3) is 0.263. The predicted molar refractivity (Wildman–Crippen MR) is 99.2 cm³/mol. The summed E-state index contributed by atoms with van der Waals surface area (Å²) >= 11 is 0. The Kier molecular flexibility index (Phi) is 5.70. The van der Waals surface area contributed by atoms with Gasteiger partial charge in [-0.2, -0.15) is 5.10 Å². The number of rotatable bonds is 5. The van der Waals surface area contributed by atoms with Crippen LogP contribution in [0.3, 0.4) is 0 Å². The van der Waals surface area contributed by atoms with Gasteiger partial charge < -0.3 is 19.5 Å². The van der Waals surface area contributed by atoms with Gasteiger partial charge in [0, 0.05) is 30.4 Å². The Bertz CT molecular complexity index is 801. The largest absolute Gasteiger partial charge is 0.507 e. The lowest BCUT2D eigenvalue weighted by molar-refractivity contribution is 0.0952. The number of benzene rings is 2. The van der Waals surface area contributed by atoms with Crippen LogP contribution in [-0.4, -0.2) is 50.6 Å². The number of anilines is 1. The van der Waals surface area contributed by atoms with Gasteiger partial charge in [-0.1, -0.05) is 12.1 Å². The van der Waals surface area contributed by atoms with Crippen molar-refractivity contribution in [1.29, 1.82) is 0 Å². The number of aromatic hydroxyl groups is 1. The molecule has 1 heterocycles. The molecule has 1 aliphatic heterocycles. The molecule has 2 N–H and O–H groups in total. The van der Waals surface area contributed by atoms with Crippen molar-refractivity contribution < 1.29 is 19.4 Å². The van der Waals surface area contributed by atoms with E-state index in [0.29, 0.717) is 19.0 Å². The van der Waals surface area contributed by atoms with E-state index in [1.165, 1.54) is 18.3 Å². The monoisotopic (exact) mass is 355 g/mol. The number of phenolic OH excluding ortho intramolecular Hbond substituents is 1. The van der Waals surface area contributed by atoms with Crippen LogP contribution in [0.25, 0.3) is 0 Å². The van der Waals surface area contributed by atoms with E-state index in [4.69, 9.17) is 9.47 Å². The lowest BCUT2D eigenvalue weighted by Gasteiger charge is -2.29. The molecule has 0 saturated carbocycles. The number of amides is 1. The number of nitrogens with zero attached hydrogens (tertiary/aromatic N) is 2.